The largest absolute Gasteiger partial charge is 0.508 e. The van der Waals surface area contributed by atoms with Crippen LogP contribution in [0.15, 0.2) is 36.4 Å². The highest BCUT2D eigenvalue weighted by Gasteiger charge is 2.17. The molecule has 0 saturated heterocycles. The van der Waals surface area contributed by atoms with Crippen LogP contribution in [-0.2, 0) is 4.74 Å². The highest BCUT2D eigenvalue weighted by molar-refractivity contribution is 6.00. The Balaban J connectivity index is 2.17. The second-order valence-electron chi connectivity index (χ2n) is 4.86. The van der Waals surface area contributed by atoms with Gasteiger partial charge in [-0.1, -0.05) is 12.1 Å². The SMILES string of the molecule is COC(=O)c1ccccc1OCC(=O)c1cc(C)c(O)cc1O. The summed E-state index contributed by atoms with van der Waals surface area (Å²) in [6.07, 6.45) is 0. The van der Waals surface area contributed by atoms with Gasteiger partial charge in [-0.05, 0) is 30.7 Å². The Labute approximate surface area is 132 Å². The molecule has 6 nitrogen and oxygen atoms in total. The normalized spacial score (nSPS) is 10.2. The Morgan fingerprint density at radius 1 is 1.04 bits per heavy atom. The smallest absolute Gasteiger partial charge is 0.341 e. The van der Waals surface area contributed by atoms with E-state index in [4.69, 9.17) is 4.74 Å². The molecule has 0 fully saturated rings. The van der Waals surface area contributed by atoms with Gasteiger partial charge in [-0.3, -0.25) is 4.79 Å². The molecule has 0 spiro atoms. The molecule has 0 aliphatic rings. The molecule has 0 bridgehead atoms. The summed E-state index contributed by atoms with van der Waals surface area (Å²) in [7, 11) is 1.25. The molecule has 120 valence electrons. The van der Waals surface area contributed by atoms with Crippen molar-refractivity contribution in [3.05, 3.63) is 53.1 Å². The number of aryl methyl sites for hydroxylation is 1. The first-order chi connectivity index (χ1) is 10.9. The molecule has 6 heteroatoms. The summed E-state index contributed by atoms with van der Waals surface area (Å²) in [5.74, 6) is -1.27. The second-order valence-corrected chi connectivity index (χ2v) is 4.86. The van der Waals surface area contributed by atoms with Crippen LogP contribution < -0.4 is 4.74 Å². The number of esters is 1. The maximum Gasteiger partial charge on any atom is 0.341 e. The van der Waals surface area contributed by atoms with E-state index in [9.17, 15) is 19.8 Å². The molecule has 0 heterocycles. The number of hydrogen-bond donors (Lipinski definition) is 2. The fraction of sp³-hybridized carbons (Fsp3) is 0.176. The number of aromatic hydroxyl groups is 2. The standard InChI is InChI=1S/C17H16O6/c1-10-7-12(14(19)8-13(10)18)15(20)9-23-16-6-4-3-5-11(16)17(21)22-2/h3-8,18-19H,9H2,1-2H3. The van der Waals surface area contributed by atoms with E-state index in [1.54, 1.807) is 25.1 Å². The van der Waals surface area contributed by atoms with E-state index in [1.807, 2.05) is 0 Å². The van der Waals surface area contributed by atoms with E-state index in [0.717, 1.165) is 6.07 Å². The van der Waals surface area contributed by atoms with Crippen LogP contribution >= 0.6 is 0 Å². The number of rotatable bonds is 5. The van der Waals surface area contributed by atoms with Crippen molar-refractivity contribution in [1.29, 1.82) is 0 Å². The fourth-order valence-electron chi connectivity index (χ4n) is 2.00. The Kier molecular flexibility index (Phi) is 4.85. The van der Waals surface area contributed by atoms with Gasteiger partial charge >= 0.3 is 5.97 Å². The molecule has 2 rings (SSSR count). The van der Waals surface area contributed by atoms with Crippen molar-refractivity contribution in [2.24, 2.45) is 0 Å². The van der Waals surface area contributed by atoms with Crippen molar-refractivity contribution in [3.8, 4) is 17.2 Å². The third-order valence-electron chi connectivity index (χ3n) is 3.27. The summed E-state index contributed by atoms with van der Waals surface area (Å²) in [6.45, 7) is 1.24. The molecule has 2 N–H and O–H groups in total. The number of Topliss-reactive ketones (excluding diaryl/α,β-unsaturated/α-hetero) is 1. The van der Waals surface area contributed by atoms with Gasteiger partial charge in [0.25, 0.3) is 0 Å². The lowest BCUT2D eigenvalue weighted by atomic mass is 10.1. The third-order valence-corrected chi connectivity index (χ3v) is 3.27. The number of benzene rings is 2. The highest BCUT2D eigenvalue weighted by Crippen LogP contribution is 2.27. The van der Waals surface area contributed by atoms with Crippen molar-refractivity contribution in [3.63, 3.8) is 0 Å². The van der Waals surface area contributed by atoms with Crippen LogP contribution in [0.5, 0.6) is 17.2 Å². The van der Waals surface area contributed by atoms with E-state index in [-0.39, 0.29) is 35.0 Å². The minimum absolute atomic E-state index is 0.0378. The first-order valence-electron chi connectivity index (χ1n) is 6.80. The van der Waals surface area contributed by atoms with E-state index in [1.165, 1.54) is 19.2 Å². The number of hydrogen-bond acceptors (Lipinski definition) is 6. The lowest BCUT2D eigenvalue weighted by molar-refractivity contribution is 0.0594. The Morgan fingerprint density at radius 3 is 2.43 bits per heavy atom. The zero-order chi connectivity index (χ0) is 17.0. The van der Waals surface area contributed by atoms with Crippen molar-refractivity contribution < 1.29 is 29.3 Å². The van der Waals surface area contributed by atoms with Gasteiger partial charge in [0.05, 0.1) is 12.7 Å². The molecule has 2 aromatic carbocycles. The van der Waals surface area contributed by atoms with Gasteiger partial charge < -0.3 is 19.7 Å². The number of carbonyl (C=O) groups is 2. The summed E-state index contributed by atoms with van der Waals surface area (Å²) >= 11 is 0. The molecule has 0 atom stereocenters. The zero-order valence-electron chi connectivity index (χ0n) is 12.7. The van der Waals surface area contributed by atoms with E-state index in [2.05, 4.69) is 4.74 Å². The van der Waals surface area contributed by atoms with Crippen molar-refractivity contribution in [2.75, 3.05) is 13.7 Å². The topological polar surface area (TPSA) is 93.1 Å². The van der Waals surface area contributed by atoms with Crippen LogP contribution in [0.2, 0.25) is 0 Å². The summed E-state index contributed by atoms with van der Waals surface area (Å²) in [6, 6.07) is 8.85. The third kappa shape index (κ3) is 3.60. The maximum atomic E-state index is 12.2. The van der Waals surface area contributed by atoms with E-state index in [0.29, 0.717) is 5.56 Å². The molecule has 23 heavy (non-hydrogen) atoms. The number of ketones is 1. The number of methoxy groups -OCH3 is 1. The monoisotopic (exact) mass is 316 g/mol. The molecular weight excluding hydrogens is 300 g/mol. The summed E-state index contributed by atoms with van der Waals surface area (Å²) < 4.78 is 10.0. The molecule has 0 saturated carbocycles. The molecule has 0 aliphatic heterocycles. The quantitative estimate of drug-likeness (QED) is 0.650. The molecule has 0 aliphatic carbocycles. The summed E-state index contributed by atoms with van der Waals surface area (Å²) in [4.78, 5) is 23.8. The predicted octanol–water partition coefficient (Wildman–Crippen LogP) is 2.45. The Morgan fingerprint density at radius 2 is 1.74 bits per heavy atom. The first kappa shape index (κ1) is 16.4. The molecule has 2 aromatic rings. The fourth-order valence-corrected chi connectivity index (χ4v) is 2.00. The lowest BCUT2D eigenvalue weighted by Gasteiger charge is -2.11. The molecule has 0 amide bonds. The van der Waals surface area contributed by atoms with Crippen molar-refractivity contribution >= 4 is 11.8 Å². The van der Waals surface area contributed by atoms with Crippen LogP contribution in [0.25, 0.3) is 0 Å². The molecule has 0 unspecified atom stereocenters. The second kappa shape index (κ2) is 6.83. The van der Waals surface area contributed by atoms with E-state index < -0.39 is 11.8 Å². The van der Waals surface area contributed by atoms with Crippen LogP contribution in [-0.4, -0.2) is 35.7 Å². The van der Waals surface area contributed by atoms with Gasteiger partial charge in [0, 0.05) is 6.07 Å². The van der Waals surface area contributed by atoms with Crippen LogP contribution in [0.3, 0.4) is 0 Å². The Bertz CT molecular complexity index is 751. The number of phenols is 2. The molecule has 0 aromatic heterocycles. The van der Waals surface area contributed by atoms with Gasteiger partial charge in [-0.2, -0.15) is 0 Å². The van der Waals surface area contributed by atoms with Crippen molar-refractivity contribution in [1.82, 2.24) is 0 Å². The van der Waals surface area contributed by atoms with Gasteiger partial charge in [0.2, 0.25) is 5.78 Å². The number of para-hydroxylation sites is 1. The minimum Gasteiger partial charge on any atom is -0.508 e. The zero-order valence-corrected chi connectivity index (χ0v) is 12.7. The average Bonchev–Trinajstić information content (AvgIpc) is 2.55. The summed E-state index contributed by atoms with van der Waals surface area (Å²) in [5.41, 5.74) is 0.700. The van der Waals surface area contributed by atoms with Crippen LogP contribution in [0.1, 0.15) is 26.3 Å². The van der Waals surface area contributed by atoms with Gasteiger partial charge in [-0.25, -0.2) is 4.79 Å². The highest BCUT2D eigenvalue weighted by atomic mass is 16.5. The first-order valence-corrected chi connectivity index (χ1v) is 6.80. The van der Waals surface area contributed by atoms with Gasteiger partial charge in [-0.15, -0.1) is 0 Å². The summed E-state index contributed by atoms with van der Waals surface area (Å²) in [5, 5.41) is 19.2. The minimum atomic E-state index is -0.573. The number of phenolic OH excluding ortho intramolecular Hbond substituents is 2. The van der Waals surface area contributed by atoms with E-state index >= 15 is 0 Å². The Hall–Kier alpha value is -3.02. The lowest BCUT2D eigenvalue weighted by Crippen LogP contribution is -2.14. The predicted molar refractivity (Wildman–Crippen MR) is 82.1 cm³/mol. The molecular formula is C17H16O6. The van der Waals surface area contributed by atoms with Crippen molar-refractivity contribution in [2.45, 2.75) is 6.92 Å². The number of ether oxygens (including phenoxy) is 2. The van der Waals surface area contributed by atoms with Crippen LogP contribution in [0.4, 0.5) is 0 Å². The van der Waals surface area contributed by atoms with Gasteiger partial charge in [0.15, 0.2) is 6.61 Å². The molecule has 0 radical (unpaired) electrons. The maximum absolute atomic E-state index is 12.2. The number of carbonyl (C=O) groups excluding carboxylic acids is 2. The van der Waals surface area contributed by atoms with Crippen LogP contribution in [0, 0.1) is 6.92 Å². The van der Waals surface area contributed by atoms with Gasteiger partial charge in [0.1, 0.15) is 22.8 Å². The average molecular weight is 316 g/mol.